The highest BCUT2D eigenvalue weighted by atomic mass is 79.9. The second kappa shape index (κ2) is 5.32. The highest BCUT2D eigenvalue weighted by molar-refractivity contribution is 9.09. The molecule has 14 heavy (non-hydrogen) atoms. The van der Waals surface area contributed by atoms with Crippen LogP contribution < -0.4 is 0 Å². The van der Waals surface area contributed by atoms with Crippen molar-refractivity contribution >= 4 is 27.3 Å². The molecule has 1 aromatic heterocycles. The van der Waals surface area contributed by atoms with E-state index in [1.54, 1.807) is 0 Å². The Hall–Kier alpha value is 0.180. The second-order valence-corrected chi connectivity index (χ2v) is 6.19. The molecule has 1 fully saturated rings. The van der Waals surface area contributed by atoms with Gasteiger partial charge in [0.25, 0.3) is 0 Å². The van der Waals surface area contributed by atoms with E-state index >= 15 is 0 Å². The Balaban J connectivity index is 1.54. The Morgan fingerprint density at radius 1 is 1.43 bits per heavy atom. The summed E-state index contributed by atoms with van der Waals surface area (Å²) in [5.74, 6) is 1.01. The van der Waals surface area contributed by atoms with Crippen molar-refractivity contribution in [1.82, 2.24) is 0 Å². The van der Waals surface area contributed by atoms with Crippen LogP contribution in [0.3, 0.4) is 0 Å². The first-order valence-corrected chi connectivity index (χ1v) is 7.37. The molecule has 2 heteroatoms. The zero-order chi connectivity index (χ0) is 9.80. The lowest BCUT2D eigenvalue weighted by atomic mass is 10.1. The van der Waals surface area contributed by atoms with Gasteiger partial charge in [0.05, 0.1) is 0 Å². The van der Waals surface area contributed by atoms with Gasteiger partial charge in [-0.15, -0.1) is 0 Å². The Labute approximate surface area is 98.9 Å². The predicted octanol–water partition coefficient (Wildman–Crippen LogP) is 4.63. The zero-order valence-electron chi connectivity index (χ0n) is 8.42. The van der Waals surface area contributed by atoms with Gasteiger partial charge in [-0.2, -0.15) is 11.3 Å². The van der Waals surface area contributed by atoms with Crippen LogP contribution >= 0.6 is 27.3 Å². The molecule has 1 aromatic rings. The molecular formula is C12H17BrS. The molecule has 1 aliphatic rings. The molecule has 78 valence electrons. The Bertz CT molecular complexity index is 251. The summed E-state index contributed by atoms with van der Waals surface area (Å²) in [5.41, 5.74) is 1.52. The van der Waals surface area contributed by atoms with Crippen molar-refractivity contribution in [2.45, 2.75) is 43.4 Å². The average Bonchev–Trinajstić information content (AvgIpc) is 2.92. The third-order valence-corrected chi connectivity index (χ3v) is 4.85. The fraction of sp³-hybridized carbons (Fsp3) is 0.667. The van der Waals surface area contributed by atoms with Gasteiger partial charge in [0.2, 0.25) is 0 Å². The van der Waals surface area contributed by atoms with Gasteiger partial charge in [0, 0.05) is 4.83 Å². The summed E-state index contributed by atoms with van der Waals surface area (Å²) in [5, 5.41) is 4.44. The largest absolute Gasteiger partial charge is 0.152 e. The Morgan fingerprint density at radius 3 is 2.93 bits per heavy atom. The van der Waals surface area contributed by atoms with E-state index in [1.165, 1.54) is 44.1 Å². The topological polar surface area (TPSA) is 0 Å². The van der Waals surface area contributed by atoms with Crippen molar-refractivity contribution in [2.75, 3.05) is 0 Å². The molecule has 0 nitrogen and oxygen atoms in total. The number of rotatable bonds is 6. The summed E-state index contributed by atoms with van der Waals surface area (Å²) in [6.45, 7) is 0. The van der Waals surface area contributed by atoms with Crippen LogP contribution in [0.1, 0.15) is 37.7 Å². The fourth-order valence-corrected chi connectivity index (χ4v) is 3.35. The first kappa shape index (κ1) is 10.7. The molecular weight excluding hydrogens is 256 g/mol. The van der Waals surface area contributed by atoms with Gasteiger partial charge < -0.3 is 0 Å². The van der Waals surface area contributed by atoms with E-state index in [2.05, 4.69) is 32.8 Å². The van der Waals surface area contributed by atoms with Crippen molar-refractivity contribution in [3.63, 3.8) is 0 Å². The van der Waals surface area contributed by atoms with Crippen LogP contribution in [0, 0.1) is 5.92 Å². The van der Waals surface area contributed by atoms with E-state index in [4.69, 9.17) is 0 Å². The molecule has 1 heterocycles. The van der Waals surface area contributed by atoms with Crippen LogP contribution in [0.15, 0.2) is 16.8 Å². The smallest absolute Gasteiger partial charge is 0.0174 e. The van der Waals surface area contributed by atoms with E-state index in [0.717, 1.165) is 10.7 Å². The first-order chi connectivity index (χ1) is 6.86. The number of unbranched alkanes of at least 4 members (excludes halogenated alkanes) is 1. The molecule has 0 amide bonds. The number of hydrogen-bond donors (Lipinski definition) is 0. The van der Waals surface area contributed by atoms with E-state index in [-0.39, 0.29) is 0 Å². The Kier molecular flexibility index (Phi) is 4.06. The number of thiophene rings is 1. The van der Waals surface area contributed by atoms with Crippen molar-refractivity contribution in [1.29, 1.82) is 0 Å². The molecule has 0 N–H and O–H groups in total. The van der Waals surface area contributed by atoms with Crippen molar-refractivity contribution < 1.29 is 0 Å². The monoisotopic (exact) mass is 272 g/mol. The molecule has 0 saturated heterocycles. The predicted molar refractivity (Wildman–Crippen MR) is 67.3 cm³/mol. The maximum absolute atomic E-state index is 3.79. The van der Waals surface area contributed by atoms with E-state index in [9.17, 15) is 0 Å². The summed E-state index contributed by atoms with van der Waals surface area (Å²) < 4.78 is 0. The Morgan fingerprint density at radius 2 is 2.29 bits per heavy atom. The maximum atomic E-state index is 3.79. The van der Waals surface area contributed by atoms with Crippen molar-refractivity contribution in [3.8, 4) is 0 Å². The second-order valence-electron chi connectivity index (χ2n) is 4.23. The highest BCUT2D eigenvalue weighted by Gasteiger charge is 2.28. The summed E-state index contributed by atoms with van der Waals surface area (Å²) in [4.78, 5) is 0.810. The third kappa shape index (κ3) is 3.39. The van der Waals surface area contributed by atoms with Crippen LogP contribution in [-0.2, 0) is 6.42 Å². The molecule has 1 unspecified atom stereocenters. The molecule has 0 bridgehead atoms. The number of alkyl halides is 1. The minimum Gasteiger partial charge on any atom is -0.152 e. The lowest BCUT2D eigenvalue weighted by molar-refractivity contribution is 0.624. The van der Waals surface area contributed by atoms with E-state index in [1.807, 2.05) is 11.3 Å². The van der Waals surface area contributed by atoms with Gasteiger partial charge in [-0.3, -0.25) is 0 Å². The van der Waals surface area contributed by atoms with Gasteiger partial charge in [0.15, 0.2) is 0 Å². The molecule has 0 radical (unpaired) electrons. The molecule has 0 aliphatic heterocycles. The average molecular weight is 273 g/mol. The normalized spacial score (nSPS) is 18.4. The molecule has 1 atom stereocenters. The van der Waals surface area contributed by atoms with Crippen LogP contribution in [0.25, 0.3) is 0 Å². The van der Waals surface area contributed by atoms with Crippen LogP contribution in [0.2, 0.25) is 0 Å². The standard InChI is InChI=1S/C12H17BrS/c13-12(11-5-6-11)4-2-1-3-10-7-8-14-9-10/h7-9,11-12H,1-6H2. The quantitative estimate of drug-likeness (QED) is 0.523. The van der Waals surface area contributed by atoms with Gasteiger partial charge in [-0.1, -0.05) is 22.4 Å². The summed E-state index contributed by atoms with van der Waals surface area (Å²) in [6, 6.07) is 2.25. The molecule has 2 rings (SSSR count). The van der Waals surface area contributed by atoms with Crippen LogP contribution in [-0.4, -0.2) is 4.83 Å². The summed E-state index contributed by atoms with van der Waals surface area (Å²) in [6.07, 6.45) is 8.29. The van der Waals surface area contributed by atoms with E-state index < -0.39 is 0 Å². The van der Waals surface area contributed by atoms with Gasteiger partial charge in [0.1, 0.15) is 0 Å². The van der Waals surface area contributed by atoms with Gasteiger partial charge in [-0.25, -0.2) is 0 Å². The van der Waals surface area contributed by atoms with Crippen LogP contribution in [0.5, 0.6) is 0 Å². The minimum absolute atomic E-state index is 0.810. The number of halogens is 1. The summed E-state index contributed by atoms with van der Waals surface area (Å²) in [7, 11) is 0. The molecule has 1 saturated carbocycles. The lowest BCUT2D eigenvalue weighted by Crippen LogP contribution is -1.99. The molecule has 0 aromatic carbocycles. The van der Waals surface area contributed by atoms with Gasteiger partial charge in [-0.05, 0) is 60.4 Å². The van der Waals surface area contributed by atoms with Gasteiger partial charge >= 0.3 is 0 Å². The van der Waals surface area contributed by atoms with Crippen molar-refractivity contribution in [2.24, 2.45) is 5.92 Å². The molecule has 0 spiro atoms. The number of hydrogen-bond acceptors (Lipinski definition) is 1. The minimum atomic E-state index is 0.810. The number of aryl methyl sites for hydroxylation is 1. The molecule has 1 aliphatic carbocycles. The highest BCUT2D eigenvalue weighted by Crippen LogP contribution is 2.38. The maximum Gasteiger partial charge on any atom is 0.0174 e. The lowest BCUT2D eigenvalue weighted by Gasteiger charge is -2.06. The zero-order valence-corrected chi connectivity index (χ0v) is 10.8. The van der Waals surface area contributed by atoms with E-state index in [0.29, 0.717) is 0 Å². The van der Waals surface area contributed by atoms with Crippen molar-refractivity contribution in [3.05, 3.63) is 22.4 Å². The van der Waals surface area contributed by atoms with Crippen LogP contribution in [0.4, 0.5) is 0 Å². The SMILES string of the molecule is BrC(CCCCc1ccsc1)C1CC1. The summed E-state index contributed by atoms with van der Waals surface area (Å²) >= 11 is 5.60. The fourth-order valence-electron chi connectivity index (χ4n) is 1.80. The first-order valence-electron chi connectivity index (χ1n) is 5.51. The third-order valence-electron chi connectivity index (χ3n) is 2.91.